The Bertz CT molecular complexity index is 785. The van der Waals surface area contributed by atoms with Gasteiger partial charge in [-0.3, -0.25) is 14.6 Å². The highest BCUT2D eigenvalue weighted by atomic mass is 16.5. The standard InChI is InChI=1S/C25H37N3O4/c1-3-13-25(23(29)28(24(30)26-25)18-22-6-5-16-32-22)20-11-14-27(15-12-20)17-19-7-9-21(10-8-19)31-4-2/h7-10,20,22H,3-6,11-18H2,1-2H3,(H,26,30)/t22-,25-/m1/s1. The molecule has 0 aliphatic carbocycles. The zero-order chi connectivity index (χ0) is 22.6. The number of rotatable bonds is 9. The zero-order valence-electron chi connectivity index (χ0n) is 19.5. The summed E-state index contributed by atoms with van der Waals surface area (Å²) in [6, 6.07) is 8.06. The second-order valence-corrected chi connectivity index (χ2v) is 9.33. The lowest BCUT2D eigenvalue weighted by Crippen LogP contribution is -2.56. The normalized spacial score (nSPS) is 27.2. The molecule has 32 heavy (non-hydrogen) atoms. The van der Waals surface area contributed by atoms with Gasteiger partial charge in [-0.15, -0.1) is 0 Å². The van der Waals surface area contributed by atoms with E-state index < -0.39 is 5.54 Å². The molecule has 2 atom stereocenters. The molecule has 0 aromatic heterocycles. The summed E-state index contributed by atoms with van der Waals surface area (Å²) in [7, 11) is 0. The van der Waals surface area contributed by atoms with Crippen LogP contribution in [0.1, 0.15) is 57.9 Å². The number of ether oxygens (including phenoxy) is 2. The molecule has 3 saturated heterocycles. The maximum atomic E-state index is 13.5. The minimum atomic E-state index is -0.754. The van der Waals surface area contributed by atoms with Gasteiger partial charge in [0.15, 0.2) is 0 Å². The van der Waals surface area contributed by atoms with E-state index in [1.165, 1.54) is 10.5 Å². The number of hydrogen-bond donors (Lipinski definition) is 1. The minimum Gasteiger partial charge on any atom is -0.494 e. The molecule has 176 valence electrons. The van der Waals surface area contributed by atoms with E-state index in [1.54, 1.807) is 0 Å². The molecule has 0 bridgehead atoms. The summed E-state index contributed by atoms with van der Waals surface area (Å²) in [5.41, 5.74) is 0.513. The van der Waals surface area contributed by atoms with Gasteiger partial charge in [-0.1, -0.05) is 25.5 Å². The summed E-state index contributed by atoms with van der Waals surface area (Å²) in [5, 5.41) is 3.14. The highest BCUT2D eigenvalue weighted by molar-refractivity contribution is 6.07. The third-order valence-corrected chi connectivity index (χ3v) is 7.18. The fourth-order valence-electron chi connectivity index (χ4n) is 5.55. The van der Waals surface area contributed by atoms with Gasteiger partial charge in [-0.2, -0.15) is 0 Å². The first-order chi connectivity index (χ1) is 15.6. The number of carbonyl (C=O) groups excluding carboxylic acids is 2. The van der Waals surface area contributed by atoms with Crippen molar-refractivity contribution in [3.63, 3.8) is 0 Å². The predicted octanol–water partition coefficient (Wildman–Crippen LogP) is 3.57. The molecule has 3 aliphatic rings. The van der Waals surface area contributed by atoms with Gasteiger partial charge >= 0.3 is 6.03 Å². The van der Waals surface area contributed by atoms with Crippen molar-refractivity contribution in [2.75, 3.05) is 32.8 Å². The van der Waals surface area contributed by atoms with Crippen molar-refractivity contribution in [2.24, 2.45) is 5.92 Å². The quantitative estimate of drug-likeness (QED) is 0.591. The number of benzene rings is 1. The van der Waals surface area contributed by atoms with Gasteiger partial charge in [0.05, 0.1) is 19.3 Å². The van der Waals surface area contributed by atoms with Crippen LogP contribution in [-0.4, -0.2) is 66.2 Å². The lowest BCUT2D eigenvalue weighted by Gasteiger charge is -2.41. The number of likely N-dealkylation sites (tertiary alicyclic amines) is 1. The number of hydrogen-bond acceptors (Lipinski definition) is 5. The van der Waals surface area contributed by atoms with E-state index in [0.29, 0.717) is 19.6 Å². The number of piperidine rings is 1. The molecule has 0 unspecified atom stereocenters. The van der Waals surface area contributed by atoms with Crippen molar-refractivity contribution in [1.82, 2.24) is 15.1 Å². The molecule has 3 amide bonds. The summed E-state index contributed by atoms with van der Waals surface area (Å²) < 4.78 is 11.2. The Morgan fingerprint density at radius 3 is 2.50 bits per heavy atom. The Balaban J connectivity index is 1.37. The van der Waals surface area contributed by atoms with Crippen molar-refractivity contribution in [1.29, 1.82) is 0 Å². The molecule has 3 heterocycles. The Hall–Kier alpha value is -2.12. The first kappa shape index (κ1) is 23.1. The maximum absolute atomic E-state index is 13.5. The maximum Gasteiger partial charge on any atom is 0.325 e. The summed E-state index contributed by atoms with van der Waals surface area (Å²) in [4.78, 5) is 30.2. The largest absolute Gasteiger partial charge is 0.494 e. The average molecular weight is 444 g/mol. The van der Waals surface area contributed by atoms with Gasteiger partial charge in [0.25, 0.3) is 5.91 Å². The lowest BCUT2D eigenvalue weighted by molar-refractivity contribution is -0.135. The van der Waals surface area contributed by atoms with Gasteiger partial charge in [0.1, 0.15) is 11.3 Å². The summed E-state index contributed by atoms with van der Waals surface area (Å²) >= 11 is 0. The zero-order valence-corrected chi connectivity index (χ0v) is 19.5. The molecule has 3 fully saturated rings. The second-order valence-electron chi connectivity index (χ2n) is 9.33. The van der Waals surface area contributed by atoms with Gasteiger partial charge in [-0.05, 0) is 75.7 Å². The fraction of sp³-hybridized carbons (Fsp3) is 0.680. The van der Waals surface area contributed by atoms with Gasteiger partial charge < -0.3 is 14.8 Å². The predicted molar refractivity (Wildman–Crippen MR) is 122 cm³/mol. The van der Waals surface area contributed by atoms with Crippen molar-refractivity contribution in [3.05, 3.63) is 29.8 Å². The summed E-state index contributed by atoms with van der Waals surface area (Å²) in [6.07, 6.45) is 5.30. The number of amides is 3. The highest BCUT2D eigenvalue weighted by Gasteiger charge is 2.55. The number of imide groups is 1. The molecular formula is C25H37N3O4. The van der Waals surface area contributed by atoms with Gasteiger partial charge in [0.2, 0.25) is 0 Å². The molecular weight excluding hydrogens is 406 g/mol. The minimum absolute atomic E-state index is 0.0157. The molecule has 0 radical (unpaired) electrons. The van der Waals surface area contributed by atoms with E-state index >= 15 is 0 Å². The van der Waals surface area contributed by atoms with Gasteiger partial charge in [0, 0.05) is 13.2 Å². The molecule has 7 heteroatoms. The van der Waals surface area contributed by atoms with Crippen LogP contribution in [0.2, 0.25) is 0 Å². The van der Waals surface area contributed by atoms with E-state index in [2.05, 4.69) is 29.3 Å². The second kappa shape index (κ2) is 10.2. The topological polar surface area (TPSA) is 71.1 Å². The van der Waals surface area contributed by atoms with Crippen LogP contribution in [0.15, 0.2) is 24.3 Å². The molecule has 3 aliphatic heterocycles. The molecule has 1 aromatic rings. The van der Waals surface area contributed by atoms with Crippen molar-refractivity contribution < 1.29 is 19.1 Å². The number of nitrogens with one attached hydrogen (secondary N) is 1. The van der Waals surface area contributed by atoms with E-state index in [-0.39, 0.29) is 24.0 Å². The number of urea groups is 1. The first-order valence-electron chi connectivity index (χ1n) is 12.3. The molecule has 4 rings (SSSR count). The molecule has 7 nitrogen and oxygen atoms in total. The number of carbonyl (C=O) groups is 2. The van der Waals surface area contributed by atoms with Crippen LogP contribution in [0.5, 0.6) is 5.75 Å². The number of nitrogens with zero attached hydrogens (tertiary/aromatic N) is 2. The molecule has 1 N–H and O–H groups in total. The smallest absolute Gasteiger partial charge is 0.325 e. The Morgan fingerprint density at radius 2 is 1.88 bits per heavy atom. The highest BCUT2D eigenvalue weighted by Crippen LogP contribution is 2.37. The lowest BCUT2D eigenvalue weighted by atomic mass is 9.74. The van der Waals surface area contributed by atoms with E-state index in [9.17, 15) is 9.59 Å². The third-order valence-electron chi connectivity index (χ3n) is 7.18. The summed E-state index contributed by atoms with van der Waals surface area (Å²) in [5.74, 6) is 1.04. The van der Waals surface area contributed by atoms with Crippen LogP contribution in [0.3, 0.4) is 0 Å². The van der Waals surface area contributed by atoms with E-state index in [0.717, 1.165) is 64.1 Å². The molecule has 1 aromatic carbocycles. The molecule has 0 spiro atoms. The van der Waals surface area contributed by atoms with Crippen LogP contribution < -0.4 is 10.1 Å². The third kappa shape index (κ3) is 4.79. The van der Waals surface area contributed by atoms with Crippen molar-refractivity contribution >= 4 is 11.9 Å². The Morgan fingerprint density at radius 1 is 1.12 bits per heavy atom. The fourth-order valence-corrected chi connectivity index (χ4v) is 5.55. The summed E-state index contributed by atoms with van der Waals surface area (Å²) in [6.45, 7) is 8.61. The van der Waals surface area contributed by atoms with Crippen molar-refractivity contribution in [3.8, 4) is 5.75 Å². The Kier molecular flexibility index (Phi) is 7.36. The molecule has 0 saturated carbocycles. The first-order valence-corrected chi connectivity index (χ1v) is 12.3. The average Bonchev–Trinajstić information content (AvgIpc) is 3.39. The SMILES string of the molecule is CCC[C@]1(C2CCN(Cc3ccc(OCC)cc3)CC2)NC(=O)N(C[C@H]2CCCO2)C1=O. The Labute approximate surface area is 191 Å². The van der Waals surface area contributed by atoms with Crippen LogP contribution in [0.25, 0.3) is 0 Å². The van der Waals surface area contributed by atoms with Gasteiger partial charge in [-0.25, -0.2) is 4.79 Å². The van der Waals surface area contributed by atoms with Crippen molar-refractivity contribution in [2.45, 2.75) is 70.6 Å². The van der Waals surface area contributed by atoms with E-state index in [4.69, 9.17) is 9.47 Å². The van der Waals surface area contributed by atoms with E-state index in [1.807, 2.05) is 19.1 Å². The van der Waals surface area contributed by atoms with Crippen LogP contribution >= 0.6 is 0 Å². The van der Waals surface area contributed by atoms with Crippen LogP contribution in [-0.2, 0) is 16.1 Å². The monoisotopic (exact) mass is 443 g/mol. The van der Waals surface area contributed by atoms with Crippen LogP contribution in [0, 0.1) is 5.92 Å². The van der Waals surface area contributed by atoms with Crippen LogP contribution in [0.4, 0.5) is 4.79 Å².